The number of nitrogens with one attached hydrogen (secondary N) is 1. The van der Waals surface area contributed by atoms with E-state index in [-0.39, 0.29) is 5.91 Å². The molecule has 7 heteroatoms. The number of fused-ring (bicyclic) bond motifs is 2. The van der Waals surface area contributed by atoms with E-state index >= 15 is 0 Å². The zero-order valence-corrected chi connectivity index (χ0v) is 15.6. The largest absolute Gasteiger partial charge is 0.305 e. The fourth-order valence-corrected chi connectivity index (χ4v) is 3.26. The van der Waals surface area contributed by atoms with E-state index in [1.54, 1.807) is 16.9 Å². The second kappa shape index (κ2) is 6.79. The van der Waals surface area contributed by atoms with Crippen LogP contribution in [-0.2, 0) is 7.05 Å². The third-order valence-corrected chi connectivity index (χ3v) is 4.73. The Morgan fingerprint density at radius 2 is 1.83 bits per heavy atom. The highest BCUT2D eigenvalue weighted by Gasteiger charge is 2.10. The highest BCUT2D eigenvalue weighted by Crippen LogP contribution is 2.24. The number of anilines is 1. The minimum absolute atomic E-state index is 0.243. The smallest absolute Gasteiger partial charge is 0.256 e. The van der Waals surface area contributed by atoms with E-state index in [0.29, 0.717) is 11.4 Å². The number of amides is 1. The number of aryl methyl sites for hydroxylation is 1. The maximum absolute atomic E-state index is 12.7. The number of benzene rings is 2. The predicted molar refractivity (Wildman–Crippen MR) is 111 cm³/mol. The maximum Gasteiger partial charge on any atom is 0.256 e. The molecule has 0 fully saturated rings. The number of nitrogens with zero attached hydrogens (tertiary/aromatic N) is 5. The van der Waals surface area contributed by atoms with Gasteiger partial charge in [-0.05, 0) is 48.0 Å². The number of hydrogen-bond donors (Lipinski definition) is 1. The molecule has 5 rings (SSSR count). The molecule has 0 atom stereocenters. The van der Waals surface area contributed by atoms with Gasteiger partial charge in [0.15, 0.2) is 5.82 Å². The number of carbonyl (C=O) groups excluding carboxylic acids is 1. The zero-order valence-electron chi connectivity index (χ0n) is 15.6. The van der Waals surface area contributed by atoms with Crippen LogP contribution in [0, 0.1) is 0 Å². The second-order valence-electron chi connectivity index (χ2n) is 6.77. The van der Waals surface area contributed by atoms with Crippen LogP contribution in [0.15, 0.2) is 73.2 Å². The minimum Gasteiger partial charge on any atom is -0.305 e. The summed E-state index contributed by atoms with van der Waals surface area (Å²) in [6, 6.07) is 16.9. The first-order chi connectivity index (χ1) is 14.2. The van der Waals surface area contributed by atoms with Gasteiger partial charge in [0.1, 0.15) is 0 Å². The third kappa shape index (κ3) is 3.29. The van der Waals surface area contributed by atoms with Crippen LogP contribution in [0.3, 0.4) is 0 Å². The van der Waals surface area contributed by atoms with Crippen molar-refractivity contribution in [3.63, 3.8) is 0 Å². The van der Waals surface area contributed by atoms with Crippen molar-refractivity contribution in [1.29, 1.82) is 0 Å². The third-order valence-electron chi connectivity index (χ3n) is 4.73. The average Bonchev–Trinajstić information content (AvgIpc) is 3.19. The molecular weight excluding hydrogens is 364 g/mol. The standard InChI is InChI=1S/C22H16N6O/c1-28-13-18(12-24-28)14-4-7-20-17(9-14)11-21(27-26-20)25-22(29)16-5-6-19-15(10-16)3-2-8-23-19/h2-13H,1H3,(H,25,27,29). The van der Waals surface area contributed by atoms with Gasteiger partial charge in [-0.25, -0.2) is 0 Å². The van der Waals surface area contributed by atoms with Crippen LogP contribution < -0.4 is 5.32 Å². The maximum atomic E-state index is 12.7. The Labute approximate surface area is 166 Å². The van der Waals surface area contributed by atoms with Gasteiger partial charge >= 0.3 is 0 Å². The summed E-state index contributed by atoms with van der Waals surface area (Å²) in [6.45, 7) is 0. The number of rotatable bonds is 3. The fraction of sp³-hybridized carbons (Fsp3) is 0.0455. The van der Waals surface area contributed by atoms with Crippen LogP contribution in [0.25, 0.3) is 32.9 Å². The van der Waals surface area contributed by atoms with Crippen LogP contribution in [0.5, 0.6) is 0 Å². The minimum atomic E-state index is -0.243. The quantitative estimate of drug-likeness (QED) is 0.514. The predicted octanol–water partition coefficient (Wildman–Crippen LogP) is 3.83. The molecule has 0 radical (unpaired) electrons. The van der Waals surface area contributed by atoms with Crippen LogP contribution >= 0.6 is 0 Å². The van der Waals surface area contributed by atoms with E-state index in [1.165, 1.54) is 0 Å². The average molecular weight is 380 g/mol. The van der Waals surface area contributed by atoms with E-state index in [4.69, 9.17) is 0 Å². The first kappa shape index (κ1) is 17.0. The summed E-state index contributed by atoms with van der Waals surface area (Å²) in [4.78, 5) is 16.9. The Hall–Kier alpha value is -4.13. The Balaban J connectivity index is 1.45. The molecule has 0 saturated carbocycles. The van der Waals surface area contributed by atoms with Gasteiger partial charge in [0, 0.05) is 41.3 Å². The molecule has 2 aromatic carbocycles. The number of carbonyl (C=O) groups is 1. The molecule has 0 unspecified atom stereocenters. The zero-order chi connectivity index (χ0) is 19.8. The molecule has 0 aliphatic heterocycles. The fourth-order valence-electron chi connectivity index (χ4n) is 3.26. The van der Waals surface area contributed by atoms with Gasteiger partial charge in [-0.15, -0.1) is 10.2 Å². The summed E-state index contributed by atoms with van der Waals surface area (Å²) in [6.07, 6.45) is 5.49. The monoisotopic (exact) mass is 380 g/mol. The highest BCUT2D eigenvalue weighted by atomic mass is 16.1. The van der Waals surface area contributed by atoms with Gasteiger partial charge in [-0.1, -0.05) is 12.1 Å². The Kier molecular flexibility index (Phi) is 3.98. The summed E-state index contributed by atoms with van der Waals surface area (Å²) >= 11 is 0. The van der Waals surface area contributed by atoms with Gasteiger partial charge < -0.3 is 5.32 Å². The van der Waals surface area contributed by atoms with Crippen molar-refractivity contribution in [3.05, 3.63) is 78.8 Å². The lowest BCUT2D eigenvalue weighted by atomic mass is 10.1. The molecule has 3 heterocycles. The van der Waals surface area contributed by atoms with E-state index in [1.807, 2.05) is 68.0 Å². The topological polar surface area (TPSA) is 85.6 Å². The van der Waals surface area contributed by atoms with Gasteiger partial charge in [-0.3, -0.25) is 14.5 Å². The molecule has 140 valence electrons. The van der Waals surface area contributed by atoms with E-state index in [0.717, 1.165) is 32.9 Å². The van der Waals surface area contributed by atoms with Crippen molar-refractivity contribution in [1.82, 2.24) is 25.0 Å². The first-order valence-corrected chi connectivity index (χ1v) is 9.08. The van der Waals surface area contributed by atoms with E-state index < -0.39 is 0 Å². The summed E-state index contributed by atoms with van der Waals surface area (Å²) in [5, 5.41) is 17.2. The Bertz CT molecular complexity index is 1370. The van der Waals surface area contributed by atoms with Gasteiger partial charge in [-0.2, -0.15) is 5.10 Å². The molecule has 0 saturated heterocycles. The molecule has 0 aliphatic carbocycles. The second-order valence-corrected chi connectivity index (χ2v) is 6.77. The van der Waals surface area contributed by atoms with Crippen LogP contribution in [0.2, 0.25) is 0 Å². The highest BCUT2D eigenvalue weighted by molar-refractivity contribution is 6.06. The summed E-state index contributed by atoms with van der Waals surface area (Å²) < 4.78 is 1.76. The SMILES string of the molecule is Cn1cc(-c2ccc3nnc(NC(=O)c4ccc5ncccc5c4)cc3c2)cn1. The molecule has 0 bridgehead atoms. The summed E-state index contributed by atoms with van der Waals surface area (Å²) in [5.41, 5.74) is 4.18. The van der Waals surface area contributed by atoms with E-state index in [2.05, 4.69) is 25.6 Å². The lowest BCUT2D eigenvalue weighted by molar-refractivity contribution is 0.102. The molecule has 3 aromatic heterocycles. The number of pyridine rings is 1. The van der Waals surface area contributed by atoms with Gasteiger partial charge in [0.25, 0.3) is 5.91 Å². The molecule has 1 amide bonds. The molecule has 1 N–H and O–H groups in total. The van der Waals surface area contributed by atoms with Crippen LogP contribution in [0.4, 0.5) is 5.82 Å². The number of aromatic nitrogens is 5. The van der Waals surface area contributed by atoms with Gasteiger partial charge in [0.05, 0.1) is 17.2 Å². The van der Waals surface area contributed by atoms with Crippen LogP contribution in [0.1, 0.15) is 10.4 Å². The Morgan fingerprint density at radius 1 is 0.931 bits per heavy atom. The molecule has 29 heavy (non-hydrogen) atoms. The van der Waals surface area contributed by atoms with Crippen molar-refractivity contribution < 1.29 is 4.79 Å². The molecule has 0 spiro atoms. The molecular formula is C22H16N6O. The van der Waals surface area contributed by atoms with Crippen molar-refractivity contribution in [2.45, 2.75) is 0 Å². The van der Waals surface area contributed by atoms with Crippen LogP contribution in [-0.4, -0.2) is 30.9 Å². The summed E-state index contributed by atoms with van der Waals surface area (Å²) in [7, 11) is 1.88. The summed E-state index contributed by atoms with van der Waals surface area (Å²) in [5.74, 6) is 0.157. The van der Waals surface area contributed by atoms with Crippen molar-refractivity contribution >= 4 is 33.5 Å². The van der Waals surface area contributed by atoms with Crippen molar-refractivity contribution in [2.75, 3.05) is 5.32 Å². The number of hydrogen-bond acceptors (Lipinski definition) is 5. The van der Waals surface area contributed by atoms with Crippen molar-refractivity contribution in [2.24, 2.45) is 7.05 Å². The normalized spacial score (nSPS) is 11.1. The molecule has 0 aliphatic rings. The lowest BCUT2D eigenvalue weighted by Crippen LogP contribution is -2.13. The van der Waals surface area contributed by atoms with E-state index in [9.17, 15) is 4.79 Å². The Morgan fingerprint density at radius 3 is 2.69 bits per heavy atom. The lowest BCUT2D eigenvalue weighted by Gasteiger charge is -2.07. The van der Waals surface area contributed by atoms with Gasteiger partial charge in [0.2, 0.25) is 0 Å². The van der Waals surface area contributed by atoms with Crippen molar-refractivity contribution in [3.8, 4) is 11.1 Å². The molecule has 5 aromatic rings. The molecule has 7 nitrogen and oxygen atoms in total. The first-order valence-electron chi connectivity index (χ1n) is 9.08.